The summed E-state index contributed by atoms with van der Waals surface area (Å²) in [4.78, 5) is 24.0. The van der Waals surface area contributed by atoms with Crippen LogP contribution in [0.5, 0.6) is 0 Å². The Bertz CT molecular complexity index is 379. The summed E-state index contributed by atoms with van der Waals surface area (Å²) in [5, 5.41) is 0. The maximum absolute atomic E-state index is 10.8. The maximum atomic E-state index is 10.8. The van der Waals surface area contributed by atoms with Gasteiger partial charge in [-0.2, -0.15) is 0 Å². The van der Waals surface area contributed by atoms with Gasteiger partial charge in [-0.15, -0.1) is 0 Å². The summed E-state index contributed by atoms with van der Waals surface area (Å²) in [6.07, 6.45) is 0.945. The van der Waals surface area contributed by atoms with E-state index in [0.29, 0.717) is 12.8 Å². The molecule has 0 radical (unpaired) electrons. The van der Waals surface area contributed by atoms with Gasteiger partial charge in [0.05, 0.1) is 0 Å². The highest BCUT2D eigenvalue weighted by molar-refractivity contribution is 5.79. The van der Waals surface area contributed by atoms with Gasteiger partial charge in [-0.05, 0) is 44.6 Å². The zero-order valence-corrected chi connectivity index (χ0v) is 14.1. The highest BCUT2D eigenvalue weighted by Gasteiger charge is 1.99. The molecule has 3 nitrogen and oxygen atoms in total. The van der Waals surface area contributed by atoms with E-state index in [9.17, 15) is 9.59 Å². The van der Waals surface area contributed by atoms with E-state index in [1.165, 1.54) is 19.6 Å². The molecular formula is C18H29NO2. The van der Waals surface area contributed by atoms with E-state index in [4.69, 9.17) is 0 Å². The number of ketones is 2. The summed E-state index contributed by atoms with van der Waals surface area (Å²) in [5.74, 6) is 0.314. The first-order valence-electron chi connectivity index (χ1n) is 7.71. The number of rotatable bonds is 7. The Morgan fingerprint density at radius 1 is 0.762 bits per heavy atom. The van der Waals surface area contributed by atoms with E-state index < -0.39 is 0 Å². The van der Waals surface area contributed by atoms with Crippen molar-refractivity contribution >= 4 is 11.6 Å². The number of hydrogen-bond donors (Lipinski definition) is 0. The van der Waals surface area contributed by atoms with Gasteiger partial charge in [0.25, 0.3) is 0 Å². The molecule has 0 saturated carbocycles. The Morgan fingerprint density at radius 3 is 1.19 bits per heavy atom. The van der Waals surface area contributed by atoms with Gasteiger partial charge >= 0.3 is 0 Å². The lowest BCUT2D eigenvalue weighted by Gasteiger charge is -2.13. The van der Waals surface area contributed by atoms with Gasteiger partial charge in [-0.1, -0.05) is 45.0 Å². The summed E-state index contributed by atoms with van der Waals surface area (Å²) >= 11 is 0. The number of hydrogen-bond acceptors (Lipinski definition) is 3. The lowest BCUT2D eigenvalue weighted by atomic mass is 10.0. The molecular weight excluding hydrogens is 262 g/mol. The minimum absolute atomic E-state index is 0.157. The molecule has 0 spiro atoms. The molecule has 0 bridgehead atoms. The van der Waals surface area contributed by atoms with Crippen LogP contribution >= 0.6 is 0 Å². The first-order chi connectivity index (χ1) is 9.92. The third kappa shape index (κ3) is 9.97. The zero-order valence-electron chi connectivity index (χ0n) is 14.1. The van der Waals surface area contributed by atoms with Crippen LogP contribution in [0.3, 0.4) is 0 Å². The van der Waals surface area contributed by atoms with Gasteiger partial charge in [-0.3, -0.25) is 9.59 Å². The number of carbonyl (C=O) groups is 2. The lowest BCUT2D eigenvalue weighted by Crippen LogP contribution is -2.21. The predicted octanol–water partition coefficient (Wildman–Crippen LogP) is 3.30. The van der Waals surface area contributed by atoms with Crippen molar-refractivity contribution in [3.05, 3.63) is 35.4 Å². The van der Waals surface area contributed by atoms with Crippen LogP contribution in [0, 0.1) is 0 Å². The Labute approximate surface area is 129 Å². The molecule has 0 heterocycles. The van der Waals surface area contributed by atoms with Crippen molar-refractivity contribution in [2.75, 3.05) is 19.6 Å². The molecule has 0 aliphatic heterocycles. The van der Waals surface area contributed by atoms with Crippen LogP contribution in [0.15, 0.2) is 24.3 Å². The molecule has 3 heteroatoms. The number of benzene rings is 1. The van der Waals surface area contributed by atoms with Crippen molar-refractivity contribution in [2.45, 2.75) is 47.5 Å². The van der Waals surface area contributed by atoms with E-state index in [2.05, 4.69) is 25.7 Å². The topological polar surface area (TPSA) is 37.4 Å². The molecule has 0 aliphatic rings. The predicted molar refractivity (Wildman–Crippen MR) is 88.7 cm³/mol. The monoisotopic (exact) mass is 291 g/mol. The Morgan fingerprint density at radius 2 is 1.05 bits per heavy atom. The number of nitrogens with zero attached hydrogens (tertiary/aromatic N) is 1. The zero-order chi connectivity index (χ0) is 16.3. The van der Waals surface area contributed by atoms with Crippen molar-refractivity contribution in [3.63, 3.8) is 0 Å². The lowest BCUT2D eigenvalue weighted by molar-refractivity contribution is -0.117. The average molecular weight is 291 g/mol. The van der Waals surface area contributed by atoms with E-state index in [0.717, 1.165) is 11.1 Å². The fourth-order valence-corrected chi connectivity index (χ4v) is 2.02. The van der Waals surface area contributed by atoms with E-state index in [1.807, 2.05) is 24.3 Å². The smallest absolute Gasteiger partial charge is 0.134 e. The molecule has 1 rings (SSSR count). The molecule has 0 aliphatic carbocycles. The van der Waals surface area contributed by atoms with Gasteiger partial charge in [0.15, 0.2) is 0 Å². The standard InChI is InChI=1S/C12H14O2.C6H15N/c1-9(13)7-11-3-5-12(6-4-11)8-10(2)14;1-4-7(5-2)6-3/h3-6H,7-8H2,1-2H3;4-6H2,1-3H3. The normalized spacial score (nSPS) is 10.0. The van der Waals surface area contributed by atoms with Crippen LogP contribution in [0.4, 0.5) is 0 Å². The van der Waals surface area contributed by atoms with Crippen LogP contribution in [-0.4, -0.2) is 36.1 Å². The second-order valence-electron chi connectivity index (χ2n) is 5.19. The molecule has 1 aromatic carbocycles. The highest BCUT2D eigenvalue weighted by Crippen LogP contribution is 2.06. The molecule has 0 aromatic heterocycles. The van der Waals surface area contributed by atoms with Crippen molar-refractivity contribution in [2.24, 2.45) is 0 Å². The van der Waals surface area contributed by atoms with Crippen LogP contribution in [0.2, 0.25) is 0 Å². The second-order valence-corrected chi connectivity index (χ2v) is 5.19. The number of carbonyl (C=O) groups excluding carboxylic acids is 2. The summed E-state index contributed by atoms with van der Waals surface area (Å²) in [5.41, 5.74) is 2.01. The minimum Gasteiger partial charge on any atom is -0.304 e. The van der Waals surface area contributed by atoms with Gasteiger partial charge in [0.2, 0.25) is 0 Å². The van der Waals surface area contributed by atoms with Crippen molar-refractivity contribution in [3.8, 4) is 0 Å². The average Bonchev–Trinajstić information content (AvgIpc) is 2.42. The SMILES string of the molecule is CC(=O)Cc1ccc(CC(C)=O)cc1.CCN(CC)CC. The van der Waals surface area contributed by atoms with Gasteiger partial charge < -0.3 is 4.90 Å². The third-order valence-electron chi connectivity index (χ3n) is 3.27. The third-order valence-corrected chi connectivity index (χ3v) is 3.27. The van der Waals surface area contributed by atoms with Gasteiger partial charge in [-0.25, -0.2) is 0 Å². The van der Waals surface area contributed by atoms with E-state index in [1.54, 1.807) is 13.8 Å². The molecule has 0 saturated heterocycles. The Hall–Kier alpha value is -1.48. The molecule has 0 unspecified atom stereocenters. The Kier molecular flexibility index (Phi) is 10.4. The van der Waals surface area contributed by atoms with Gasteiger partial charge in [0, 0.05) is 12.8 Å². The van der Waals surface area contributed by atoms with Crippen molar-refractivity contribution in [1.29, 1.82) is 0 Å². The molecule has 21 heavy (non-hydrogen) atoms. The summed E-state index contributed by atoms with van der Waals surface area (Å²) in [7, 11) is 0. The summed E-state index contributed by atoms with van der Waals surface area (Å²) in [6.45, 7) is 13.3. The molecule has 0 N–H and O–H groups in total. The minimum atomic E-state index is 0.157. The molecule has 0 atom stereocenters. The highest BCUT2D eigenvalue weighted by atomic mass is 16.1. The molecule has 0 fully saturated rings. The quantitative estimate of drug-likeness (QED) is 0.773. The van der Waals surface area contributed by atoms with E-state index in [-0.39, 0.29) is 11.6 Å². The summed E-state index contributed by atoms with van der Waals surface area (Å²) < 4.78 is 0. The van der Waals surface area contributed by atoms with Crippen molar-refractivity contribution in [1.82, 2.24) is 4.90 Å². The van der Waals surface area contributed by atoms with Crippen LogP contribution in [0.1, 0.15) is 45.7 Å². The molecule has 118 valence electrons. The first kappa shape index (κ1) is 19.5. The van der Waals surface area contributed by atoms with Gasteiger partial charge in [0.1, 0.15) is 11.6 Å². The second kappa shape index (κ2) is 11.2. The first-order valence-corrected chi connectivity index (χ1v) is 7.71. The van der Waals surface area contributed by atoms with Crippen LogP contribution in [-0.2, 0) is 22.4 Å². The fourth-order valence-electron chi connectivity index (χ4n) is 2.02. The molecule has 0 amide bonds. The fraction of sp³-hybridized carbons (Fsp3) is 0.556. The van der Waals surface area contributed by atoms with Crippen LogP contribution in [0.25, 0.3) is 0 Å². The maximum Gasteiger partial charge on any atom is 0.134 e. The Balaban J connectivity index is 0.000000486. The molecule has 1 aromatic rings. The van der Waals surface area contributed by atoms with E-state index >= 15 is 0 Å². The summed E-state index contributed by atoms with van der Waals surface area (Å²) in [6, 6.07) is 7.61. The van der Waals surface area contributed by atoms with Crippen molar-refractivity contribution < 1.29 is 9.59 Å². The largest absolute Gasteiger partial charge is 0.304 e. The number of Topliss-reactive ketones (excluding diaryl/α,β-unsaturated/α-hetero) is 2. The van der Waals surface area contributed by atoms with Crippen LogP contribution < -0.4 is 0 Å².